The lowest BCUT2D eigenvalue weighted by Gasteiger charge is -2.24. The van der Waals surface area contributed by atoms with Gasteiger partial charge in [-0.25, -0.2) is 0 Å². The fraction of sp³-hybridized carbons (Fsp3) is 0.565. The molecule has 3 unspecified atom stereocenters. The molecule has 1 saturated carbocycles. The van der Waals surface area contributed by atoms with Gasteiger partial charge in [0.1, 0.15) is 0 Å². The summed E-state index contributed by atoms with van der Waals surface area (Å²) in [5, 5.41) is 8.30. The van der Waals surface area contributed by atoms with Crippen molar-refractivity contribution in [1.29, 1.82) is 0 Å². The lowest BCUT2D eigenvalue weighted by Crippen LogP contribution is -2.42. The molecule has 0 amide bonds. The highest BCUT2D eigenvalue weighted by molar-refractivity contribution is 5.88. The zero-order chi connectivity index (χ0) is 19.7. The fourth-order valence-corrected chi connectivity index (χ4v) is 4.97. The fourth-order valence-electron chi connectivity index (χ4n) is 4.97. The molecule has 1 aromatic heterocycles. The van der Waals surface area contributed by atoms with Crippen LogP contribution in [0.3, 0.4) is 0 Å². The molecule has 1 aliphatic carbocycles. The van der Waals surface area contributed by atoms with E-state index in [1.54, 1.807) is 0 Å². The quantitative estimate of drug-likeness (QED) is 0.618. The lowest BCUT2D eigenvalue weighted by atomic mass is 10.0. The van der Waals surface area contributed by atoms with E-state index in [4.69, 9.17) is 5.73 Å². The SMILES string of the molecule is CC/C=C(/c1cc2c(CN(C)C3CCCC3)cccc2[nH]1)C1NC(C)NC1N. The summed E-state index contributed by atoms with van der Waals surface area (Å²) in [5.74, 6) is 0. The van der Waals surface area contributed by atoms with Crippen molar-refractivity contribution in [3.05, 3.63) is 41.6 Å². The molecule has 0 bridgehead atoms. The summed E-state index contributed by atoms with van der Waals surface area (Å²) in [6, 6.07) is 9.81. The monoisotopic (exact) mass is 381 g/mol. The first-order valence-corrected chi connectivity index (χ1v) is 10.9. The van der Waals surface area contributed by atoms with Gasteiger partial charge in [0, 0.05) is 29.2 Å². The second kappa shape index (κ2) is 8.37. The Labute approximate surface area is 168 Å². The van der Waals surface area contributed by atoms with E-state index in [2.05, 4.69) is 71.8 Å². The number of benzene rings is 1. The number of nitrogens with one attached hydrogen (secondary N) is 3. The summed E-state index contributed by atoms with van der Waals surface area (Å²) in [6.45, 7) is 5.31. The standard InChI is InChI=1S/C23H35N5/c1-4-8-18(22-23(24)26-15(2)25-22)21-13-19-16(9-7-12-20(19)27-21)14-28(3)17-10-5-6-11-17/h7-9,12-13,15,17,22-23,25-27H,4-6,10-11,14,24H2,1-3H3/b18-8-. The van der Waals surface area contributed by atoms with E-state index in [0.717, 1.165) is 19.0 Å². The molecule has 3 atom stereocenters. The summed E-state index contributed by atoms with van der Waals surface area (Å²) >= 11 is 0. The average molecular weight is 382 g/mol. The van der Waals surface area contributed by atoms with Crippen LogP contribution in [-0.2, 0) is 6.54 Å². The molecule has 28 heavy (non-hydrogen) atoms. The lowest BCUT2D eigenvalue weighted by molar-refractivity contribution is 0.238. The first-order chi connectivity index (χ1) is 13.6. The Bertz CT molecular complexity index is 833. The maximum atomic E-state index is 6.36. The van der Waals surface area contributed by atoms with Crippen molar-refractivity contribution in [1.82, 2.24) is 20.5 Å². The van der Waals surface area contributed by atoms with Gasteiger partial charge in [-0.3, -0.25) is 15.5 Å². The van der Waals surface area contributed by atoms with Crippen molar-refractivity contribution in [2.24, 2.45) is 5.73 Å². The van der Waals surface area contributed by atoms with Crippen LogP contribution in [0.5, 0.6) is 0 Å². The molecule has 1 saturated heterocycles. The minimum Gasteiger partial charge on any atom is -0.355 e. The number of aromatic amines is 1. The maximum Gasteiger partial charge on any atom is 0.0760 e. The molecule has 2 fully saturated rings. The van der Waals surface area contributed by atoms with E-state index >= 15 is 0 Å². The van der Waals surface area contributed by atoms with E-state index < -0.39 is 0 Å². The Morgan fingerprint density at radius 2 is 2.04 bits per heavy atom. The van der Waals surface area contributed by atoms with E-state index in [-0.39, 0.29) is 18.4 Å². The first kappa shape index (κ1) is 19.6. The molecule has 1 aliphatic heterocycles. The topological polar surface area (TPSA) is 69.1 Å². The molecular weight excluding hydrogens is 346 g/mol. The maximum absolute atomic E-state index is 6.36. The van der Waals surface area contributed by atoms with Gasteiger partial charge in [0.05, 0.1) is 18.4 Å². The average Bonchev–Trinajstić information content (AvgIpc) is 3.39. The number of nitrogens with two attached hydrogens (primary N) is 1. The number of hydrogen-bond donors (Lipinski definition) is 4. The number of hydrogen-bond acceptors (Lipinski definition) is 4. The molecule has 2 aliphatic rings. The van der Waals surface area contributed by atoms with E-state index in [9.17, 15) is 0 Å². The number of H-pyrrole nitrogens is 1. The number of fused-ring (bicyclic) bond motifs is 1. The van der Waals surface area contributed by atoms with Crippen molar-refractivity contribution in [3.63, 3.8) is 0 Å². The van der Waals surface area contributed by atoms with Gasteiger partial charge in [0.25, 0.3) is 0 Å². The third-order valence-electron chi connectivity index (χ3n) is 6.42. The number of rotatable bonds is 6. The van der Waals surface area contributed by atoms with Crippen LogP contribution in [0.25, 0.3) is 16.5 Å². The summed E-state index contributed by atoms with van der Waals surface area (Å²) in [7, 11) is 2.28. The molecule has 2 heterocycles. The zero-order valence-corrected chi connectivity index (χ0v) is 17.5. The molecular formula is C23H35N5. The van der Waals surface area contributed by atoms with Crippen molar-refractivity contribution < 1.29 is 0 Å². The molecule has 0 spiro atoms. The Morgan fingerprint density at radius 3 is 2.71 bits per heavy atom. The minimum atomic E-state index is -0.0767. The van der Waals surface area contributed by atoms with Crippen molar-refractivity contribution in [3.8, 4) is 0 Å². The Morgan fingerprint density at radius 1 is 1.25 bits per heavy atom. The third-order valence-corrected chi connectivity index (χ3v) is 6.42. The third kappa shape index (κ3) is 3.90. The van der Waals surface area contributed by atoms with Crippen LogP contribution in [0.4, 0.5) is 0 Å². The van der Waals surface area contributed by atoms with Crippen LogP contribution in [-0.4, -0.2) is 41.3 Å². The normalized spacial score (nSPS) is 26.8. The number of allylic oxidation sites excluding steroid dienone is 1. The highest BCUT2D eigenvalue weighted by atomic mass is 15.3. The van der Waals surface area contributed by atoms with E-state index in [1.807, 2.05) is 0 Å². The van der Waals surface area contributed by atoms with Crippen molar-refractivity contribution in [2.45, 2.75) is 76.9 Å². The summed E-state index contributed by atoms with van der Waals surface area (Å²) in [5.41, 5.74) is 11.4. The predicted octanol–water partition coefficient (Wildman–Crippen LogP) is 3.53. The zero-order valence-electron chi connectivity index (χ0n) is 17.5. The van der Waals surface area contributed by atoms with Gasteiger partial charge in [-0.15, -0.1) is 0 Å². The summed E-state index contributed by atoms with van der Waals surface area (Å²) in [6.07, 6.45) is 8.86. The summed E-state index contributed by atoms with van der Waals surface area (Å²) in [4.78, 5) is 6.20. The molecule has 2 aromatic rings. The van der Waals surface area contributed by atoms with Gasteiger partial charge >= 0.3 is 0 Å². The smallest absolute Gasteiger partial charge is 0.0760 e. The van der Waals surface area contributed by atoms with Crippen LogP contribution in [0.15, 0.2) is 30.3 Å². The molecule has 152 valence electrons. The number of aromatic nitrogens is 1. The van der Waals surface area contributed by atoms with E-state index in [1.165, 1.54) is 53.4 Å². The van der Waals surface area contributed by atoms with Gasteiger partial charge in [0.2, 0.25) is 0 Å². The van der Waals surface area contributed by atoms with Gasteiger partial charge in [-0.2, -0.15) is 0 Å². The molecule has 0 radical (unpaired) electrons. The highest BCUT2D eigenvalue weighted by Crippen LogP contribution is 2.30. The molecule has 5 heteroatoms. The van der Waals surface area contributed by atoms with Crippen LogP contribution < -0.4 is 16.4 Å². The van der Waals surface area contributed by atoms with Gasteiger partial charge in [-0.05, 0) is 56.5 Å². The molecule has 4 rings (SSSR count). The van der Waals surface area contributed by atoms with Crippen molar-refractivity contribution >= 4 is 16.5 Å². The molecule has 5 nitrogen and oxygen atoms in total. The largest absolute Gasteiger partial charge is 0.355 e. The van der Waals surface area contributed by atoms with Crippen molar-refractivity contribution in [2.75, 3.05) is 7.05 Å². The summed E-state index contributed by atoms with van der Waals surface area (Å²) < 4.78 is 0. The van der Waals surface area contributed by atoms with Crippen LogP contribution in [0.2, 0.25) is 0 Å². The Hall–Kier alpha value is -1.66. The van der Waals surface area contributed by atoms with Gasteiger partial charge in [0.15, 0.2) is 0 Å². The Kier molecular flexibility index (Phi) is 5.88. The second-order valence-electron chi connectivity index (χ2n) is 8.54. The molecule has 5 N–H and O–H groups in total. The first-order valence-electron chi connectivity index (χ1n) is 10.9. The predicted molar refractivity (Wildman–Crippen MR) is 118 cm³/mol. The van der Waals surface area contributed by atoms with Gasteiger partial charge in [-0.1, -0.05) is 38.0 Å². The van der Waals surface area contributed by atoms with Gasteiger partial charge < -0.3 is 10.7 Å². The second-order valence-corrected chi connectivity index (χ2v) is 8.54. The minimum absolute atomic E-state index is 0.0767. The van der Waals surface area contributed by atoms with Crippen LogP contribution >= 0.6 is 0 Å². The molecule has 1 aromatic carbocycles. The number of nitrogens with zero attached hydrogens (tertiary/aromatic N) is 1. The van der Waals surface area contributed by atoms with E-state index in [0.29, 0.717) is 0 Å². The van der Waals surface area contributed by atoms with Crippen LogP contribution in [0.1, 0.15) is 57.2 Å². The highest BCUT2D eigenvalue weighted by Gasteiger charge is 2.31. The Balaban J connectivity index is 1.64. The van der Waals surface area contributed by atoms with Crippen LogP contribution in [0, 0.1) is 0 Å².